The molecule has 0 saturated heterocycles. The Morgan fingerprint density at radius 1 is 0.967 bits per heavy atom. The standard InChI is InChI=1S/C25H25N3O2/c1-19-11-13-20(14-12-19)17-28-23-10-6-5-9-22(23)27-24(28)15-16-26-25(29)18-30-21-7-3-2-4-8-21/h2-14H,15-18H2,1H3,(H,26,29). The van der Waals surface area contributed by atoms with E-state index in [9.17, 15) is 4.79 Å². The molecule has 0 saturated carbocycles. The molecule has 0 aliphatic carbocycles. The van der Waals surface area contributed by atoms with Crippen molar-refractivity contribution in [2.45, 2.75) is 19.9 Å². The summed E-state index contributed by atoms with van der Waals surface area (Å²) in [5, 5.41) is 2.93. The molecule has 3 aromatic carbocycles. The number of ether oxygens (including phenoxy) is 1. The van der Waals surface area contributed by atoms with Crippen molar-refractivity contribution in [1.82, 2.24) is 14.9 Å². The molecule has 5 heteroatoms. The van der Waals surface area contributed by atoms with E-state index >= 15 is 0 Å². The first kappa shape index (κ1) is 19.7. The van der Waals surface area contributed by atoms with Gasteiger partial charge in [-0.05, 0) is 36.8 Å². The summed E-state index contributed by atoms with van der Waals surface area (Å²) >= 11 is 0. The number of benzene rings is 3. The molecular formula is C25H25N3O2. The Labute approximate surface area is 176 Å². The van der Waals surface area contributed by atoms with Crippen LogP contribution < -0.4 is 10.1 Å². The topological polar surface area (TPSA) is 56.2 Å². The fourth-order valence-electron chi connectivity index (χ4n) is 3.40. The van der Waals surface area contributed by atoms with Gasteiger partial charge < -0.3 is 14.6 Å². The van der Waals surface area contributed by atoms with Crippen LogP contribution in [0.5, 0.6) is 5.75 Å². The van der Waals surface area contributed by atoms with E-state index in [1.165, 1.54) is 11.1 Å². The number of amides is 1. The maximum Gasteiger partial charge on any atom is 0.257 e. The Bertz CT molecular complexity index is 1120. The van der Waals surface area contributed by atoms with E-state index in [1.54, 1.807) is 0 Å². The summed E-state index contributed by atoms with van der Waals surface area (Å²) in [6, 6.07) is 26.0. The predicted molar refractivity (Wildman–Crippen MR) is 119 cm³/mol. The number of aryl methyl sites for hydroxylation is 1. The zero-order valence-electron chi connectivity index (χ0n) is 17.0. The number of para-hydroxylation sites is 3. The first-order valence-electron chi connectivity index (χ1n) is 10.1. The number of carbonyl (C=O) groups excluding carboxylic acids is 1. The number of hydrogen-bond acceptors (Lipinski definition) is 3. The van der Waals surface area contributed by atoms with E-state index in [0.29, 0.717) is 18.7 Å². The Morgan fingerprint density at radius 2 is 1.70 bits per heavy atom. The smallest absolute Gasteiger partial charge is 0.257 e. The molecule has 0 spiro atoms. The van der Waals surface area contributed by atoms with Crippen molar-refractivity contribution in [1.29, 1.82) is 0 Å². The van der Waals surface area contributed by atoms with E-state index in [0.717, 1.165) is 23.4 Å². The summed E-state index contributed by atoms with van der Waals surface area (Å²) in [5.41, 5.74) is 4.55. The average Bonchev–Trinajstić information content (AvgIpc) is 3.12. The van der Waals surface area contributed by atoms with Crippen LogP contribution in [0.3, 0.4) is 0 Å². The second kappa shape index (κ2) is 9.27. The summed E-state index contributed by atoms with van der Waals surface area (Å²) in [5.74, 6) is 1.51. The summed E-state index contributed by atoms with van der Waals surface area (Å²) < 4.78 is 7.73. The minimum absolute atomic E-state index is 0.00377. The quantitative estimate of drug-likeness (QED) is 0.485. The number of aromatic nitrogens is 2. The van der Waals surface area contributed by atoms with Gasteiger partial charge in [-0.2, -0.15) is 0 Å². The van der Waals surface area contributed by atoms with Crippen LogP contribution >= 0.6 is 0 Å². The van der Waals surface area contributed by atoms with Gasteiger partial charge in [-0.25, -0.2) is 4.98 Å². The number of nitrogens with zero attached hydrogens (tertiary/aromatic N) is 2. The molecule has 4 aromatic rings. The highest BCUT2D eigenvalue weighted by Crippen LogP contribution is 2.18. The molecule has 0 unspecified atom stereocenters. The van der Waals surface area contributed by atoms with Crippen LogP contribution in [0.1, 0.15) is 17.0 Å². The van der Waals surface area contributed by atoms with Crippen molar-refractivity contribution in [2.24, 2.45) is 0 Å². The van der Waals surface area contributed by atoms with Gasteiger partial charge in [-0.3, -0.25) is 4.79 Å². The molecule has 1 aromatic heterocycles. The molecule has 4 rings (SSSR count). The molecule has 0 radical (unpaired) electrons. The molecule has 0 atom stereocenters. The zero-order chi connectivity index (χ0) is 20.8. The second-order valence-corrected chi connectivity index (χ2v) is 7.29. The van der Waals surface area contributed by atoms with Gasteiger partial charge in [-0.15, -0.1) is 0 Å². The van der Waals surface area contributed by atoms with Crippen LogP contribution in [0.2, 0.25) is 0 Å². The first-order valence-corrected chi connectivity index (χ1v) is 10.1. The van der Waals surface area contributed by atoms with Crippen LogP contribution in [0, 0.1) is 6.92 Å². The lowest BCUT2D eigenvalue weighted by Gasteiger charge is -2.11. The minimum Gasteiger partial charge on any atom is -0.484 e. The minimum atomic E-state index is -0.139. The molecular weight excluding hydrogens is 374 g/mol. The van der Waals surface area contributed by atoms with E-state index in [4.69, 9.17) is 9.72 Å². The SMILES string of the molecule is Cc1ccc(Cn2c(CCNC(=O)COc3ccccc3)nc3ccccc32)cc1. The lowest BCUT2D eigenvalue weighted by molar-refractivity contribution is -0.123. The fourth-order valence-corrected chi connectivity index (χ4v) is 3.40. The second-order valence-electron chi connectivity index (χ2n) is 7.29. The molecule has 30 heavy (non-hydrogen) atoms. The number of imidazole rings is 1. The molecule has 1 amide bonds. The van der Waals surface area contributed by atoms with Crippen molar-refractivity contribution in [3.63, 3.8) is 0 Å². The van der Waals surface area contributed by atoms with Gasteiger partial charge in [0.2, 0.25) is 0 Å². The lowest BCUT2D eigenvalue weighted by Crippen LogP contribution is -2.31. The monoisotopic (exact) mass is 399 g/mol. The van der Waals surface area contributed by atoms with Crippen LogP contribution in [0.25, 0.3) is 11.0 Å². The molecule has 1 N–H and O–H groups in total. The summed E-state index contributed by atoms with van der Waals surface area (Å²) in [6.07, 6.45) is 0.650. The molecule has 0 aliphatic rings. The van der Waals surface area contributed by atoms with Gasteiger partial charge in [-0.1, -0.05) is 60.2 Å². The largest absolute Gasteiger partial charge is 0.484 e. The maximum atomic E-state index is 12.1. The van der Waals surface area contributed by atoms with E-state index < -0.39 is 0 Å². The van der Waals surface area contributed by atoms with Crippen molar-refractivity contribution in [3.8, 4) is 5.75 Å². The number of rotatable bonds is 8. The van der Waals surface area contributed by atoms with Crippen LogP contribution in [0.4, 0.5) is 0 Å². The van der Waals surface area contributed by atoms with Gasteiger partial charge in [0.25, 0.3) is 5.91 Å². The number of fused-ring (bicyclic) bond motifs is 1. The third kappa shape index (κ3) is 4.87. The highest BCUT2D eigenvalue weighted by Gasteiger charge is 2.11. The van der Waals surface area contributed by atoms with Crippen LogP contribution in [-0.2, 0) is 17.8 Å². The number of hydrogen-bond donors (Lipinski definition) is 1. The summed E-state index contributed by atoms with van der Waals surface area (Å²) in [4.78, 5) is 16.9. The molecule has 0 fully saturated rings. The van der Waals surface area contributed by atoms with Gasteiger partial charge in [0.1, 0.15) is 11.6 Å². The van der Waals surface area contributed by atoms with Gasteiger partial charge in [0, 0.05) is 19.5 Å². The van der Waals surface area contributed by atoms with Gasteiger partial charge in [0.05, 0.1) is 11.0 Å². The molecule has 0 bridgehead atoms. The van der Waals surface area contributed by atoms with E-state index in [2.05, 4.69) is 47.1 Å². The van der Waals surface area contributed by atoms with Gasteiger partial charge >= 0.3 is 0 Å². The van der Waals surface area contributed by atoms with Gasteiger partial charge in [0.15, 0.2) is 6.61 Å². The van der Waals surface area contributed by atoms with E-state index in [1.807, 2.05) is 48.5 Å². The maximum absolute atomic E-state index is 12.1. The van der Waals surface area contributed by atoms with Crippen molar-refractivity contribution >= 4 is 16.9 Å². The third-order valence-corrected chi connectivity index (χ3v) is 4.98. The normalized spacial score (nSPS) is 10.8. The number of nitrogens with one attached hydrogen (secondary N) is 1. The Morgan fingerprint density at radius 3 is 2.50 bits per heavy atom. The predicted octanol–water partition coefficient (Wildman–Crippen LogP) is 4.13. The summed E-state index contributed by atoms with van der Waals surface area (Å²) in [6.45, 7) is 3.35. The molecule has 1 heterocycles. The molecule has 5 nitrogen and oxygen atoms in total. The van der Waals surface area contributed by atoms with Crippen molar-refractivity contribution < 1.29 is 9.53 Å². The highest BCUT2D eigenvalue weighted by atomic mass is 16.5. The Hall–Kier alpha value is -3.60. The van der Waals surface area contributed by atoms with Crippen LogP contribution in [-0.4, -0.2) is 28.6 Å². The number of carbonyl (C=O) groups is 1. The van der Waals surface area contributed by atoms with Crippen molar-refractivity contribution in [3.05, 3.63) is 95.8 Å². The fraction of sp³-hybridized carbons (Fsp3) is 0.200. The Balaban J connectivity index is 1.40. The summed E-state index contributed by atoms with van der Waals surface area (Å²) in [7, 11) is 0. The van der Waals surface area contributed by atoms with Crippen LogP contribution in [0.15, 0.2) is 78.9 Å². The van der Waals surface area contributed by atoms with Crippen molar-refractivity contribution in [2.75, 3.05) is 13.2 Å². The highest BCUT2D eigenvalue weighted by molar-refractivity contribution is 5.78. The third-order valence-electron chi connectivity index (χ3n) is 4.98. The lowest BCUT2D eigenvalue weighted by atomic mass is 10.1. The molecule has 0 aliphatic heterocycles. The Kier molecular flexibility index (Phi) is 6.09. The zero-order valence-corrected chi connectivity index (χ0v) is 17.0. The molecule has 152 valence electrons. The average molecular weight is 399 g/mol. The van der Waals surface area contributed by atoms with E-state index in [-0.39, 0.29) is 12.5 Å². The first-order chi connectivity index (χ1) is 14.7.